The van der Waals surface area contributed by atoms with Crippen molar-refractivity contribution in [1.82, 2.24) is 25.3 Å². The number of piperidine rings is 1. The summed E-state index contributed by atoms with van der Waals surface area (Å²) in [7, 11) is 0. The zero-order valence-electron chi connectivity index (χ0n) is 23.1. The summed E-state index contributed by atoms with van der Waals surface area (Å²) in [6.45, 7) is 9.73. The van der Waals surface area contributed by atoms with E-state index in [1.807, 2.05) is 17.8 Å². The van der Waals surface area contributed by atoms with Crippen LogP contribution in [-0.2, 0) is 4.79 Å². The number of aromatic nitrogens is 2. The minimum absolute atomic E-state index is 0.0520. The maximum atomic E-state index is 13.0. The highest BCUT2D eigenvalue weighted by atomic mass is 32.1. The van der Waals surface area contributed by atoms with Gasteiger partial charge in [-0.2, -0.15) is 18.3 Å². The number of carboxylic acids is 1. The molecule has 2 aliphatic rings. The highest BCUT2D eigenvalue weighted by molar-refractivity contribution is 7.15. The smallest absolute Gasteiger partial charge is 0.475 e. The van der Waals surface area contributed by atoms with E-state index in [0.29, 0.717) is 21.5 Å². The number of carbonyl (C=O) groups is 3. The van der Waals surface area contributed by atoms with Gasteiger partial charge in [0.2, 0.25) is 0 Å². The molecule has 4 heterocycles. The Morgan fingerprint density at radius 2 is 1.90 bits per heavy atom. The topological polar surface area (TPSA) is 155 Å². The third-order valence-electron chi connectivity index (χ3n) is 6.63. The van der Waals surface area contributed by atoms with E-state index in [2.05, 4.69) is 44.4 Å². The number of nitrogens with one attached hydrogen (secondary N) is 3. The molecule has 0 unspecified atom stereocenters. The van der Waals surface area contributed by atoms with Gasteiger partial charge in [0, 0.05) is 37.6 Å². The van der Waals surface area contributed by atoms with Crippen molar-refractivity contribution in [2.75, 3.05) is 31.5 Å². The summed E-state index contributed by atoms with van der Waals surface area (Å²) >= 11 is 1.24. The number of urea groups is 1. The number of allylic oxidation sites excluding steroid dienone is 1. The van der Waals surface area contributed by atoms with Gasteiger partial charge >= 0.3 is 18.2 Å². The molecule has 2 aliphatic heterocycles. The van der Waals surface area contributed by atoms with Gasteiger partial charge < -0.3 is 31.7 Å². The fraction of sp³-hybridized carbons (Fsp3) is 0.481. The molecule has 228 valence electrons. The lowest BCUT2D eigenvalue weighted by molar-refractivity contribution is -0.192. The molecule has 1 atom stereocenters. The number of hydrogen-bond acceptors (Lipinski definition) is 7. The highest BCUT2D eigenvalue weighted by Crippen LogP contribution is 2.28. The SMILES string of the molecule is C=C(C)N1CCC(n2cc(C#Cc3cc(NC(N)=O)c(C(=O)N[C@H]4CCCCNC4)s3)cn2)CC1.O=C(O)C(F)(F)F. The number of nitrogens with zero attached hydrogens (tertiary/aromatic N) is 3. The molecule has 2 saturated heterocycles. The van der Waals surface area contributed by atoms with E-state index in [-0.39, 0.29) is 11.9 Å². The van der Waals surface area contributed by atoms with Gasteiger partial charge in [0.25, 0.3) is 5.91 Å². The number of carbonyl (C=O) groups excluding carboxylic acids is 2. The van der Waals surface area contributed by atoms with Crippen LogP contribution in [0.3, 0.4) is 0 Å². The number of thiophene rings is 1. The predicted octanol–water partition coefficient (Wildman–Crippen LogP) is 3.51. The van der Waals surface area contributed by atoms with Crippen molar-refractivity contribution < 1.29 is 32.7 Å². The summed E-state index contributed by atoms with van der Waals surface area (Å²) in [4.78, 5) is 36.7. The molecule has 42 heavy (non-hydrogen) atoms. The fourth-order valence-electron chi connectivity index (χ4n) is 4.49. The first-order valence-corrected chi connectivity index (χ1v) is 14.1. The molecule has 15 heteroatoms. The van der Waals surface area contributed by atoms with Crippen LogP contribution in [-0.4, -0.2) is 76.1 Å². The third-order valence-corrected chi connectivity index (χ3v) is 7.68. The first-order chi connectivity index (χ1) is 19.8. The number of hydrogen-bond donors (Lipinski definition) is 5. The van der Waals surface area contributed by atoms with Crippen molar-refractivity contribution in [3.63, 3.8) is 0 Å². The minimum Gasteiger partial charge on any atom is -0.475 e. The van der Waals surface area contributed by atoms with Crippen LogP contribution >= 0.6 is 11.3 Å². The summed E-state index contributed by atoms with van der Waals surface area (Å²) in [5.41, 5.74) is 7.62. The first-order valence-electron chi connectivity index (χ1n) is 13.3. The average Bonchev–Trinajstić information content (AvgIpc) is 3.47. The Morgan fingerprint density at radius 1 is 1.21 bits per heavy atom. The van der Waals surface area contributed by atoms with Crippen LogP contribution < -0.4 is 21.7 Å². The number of likely N-dealkylation sites (tertiary alicyclic amines) is 1. The van der Waals surface area contributed by atoms with Crippen LogP contribution in [0.2, 0.25) is 0 Å². The molecule has 0 saturated carbocycles. The number of rotatable bonds is 5. The largest absolute Gasteiger partial charge is 0.490 e. The Bertz CT molecular complexity index is 1330. The number of anilines is 1. The number of halogens is 3. The lowest BCUT2D eigenvalue weighted by Gasteiger charge is -2.33. The van der Waals surface area contributed by atoms with Crippen LogP contribution in [0.5, 0.6) is 0 Å². The zero-order valence-corrected chi connectivity index (χ0v) is 23.9. The number of alkyl halides is 3. The summed E-state index contributed by atoms with van der Waals surface area (Å²) < 4.78 is 33.7. The van der Waals surface area contributed by atoms with Crippen molar-refractivity contribution in [2.45, 2.75) is 57.3 Å². The molecule has 0 radical (unpaired) electrons. The van der Waals surface area contributed by atoms with Crippen LogP contribution in [0.1, 0.15) is 65.2 Å². The monoisotopic (exact) mass is 609 g/mol. The summed E-state index contributed by atoms with van der Waals surface area (Å²) in [6, 6.07) is 1.38. The van der Waals surface area contributed by atoms with Gasteiger partial charge in [-0.25, -0.2) is 9.59 Å². The second kappa shape index (κ2) is 14.7. The molecule has 4 rings (SSSR count). The molecule has 2 aromatic heterocycles. The summed E-state index contributed by atoms with van der Waals surface area (Å²) in [5.74, 6) is 3.27. The number of nitrogens with two attached hydrogens (primary N) is 1. The highest BCUT2D eigenvalue weighted by Gasteiger charge is 2.38. The van der Waals surface area contributed by atoms with E-state index >= 15 is 0 Å². The molecule has 2 fully saturated rings. The maximum absolute atomic E-state index is 13.0. The van der Waals surface area contributed by atoms with E-state index in [1.165, 1.54) is 11.3 Å². The standard InChI is InChI=1S/C25H33N7O2S.C2HF3O2/c1-17(2)31-11-8-20(9-12-31)32-16-18(14-28-32)6-7-21-13-22(30-25(26)34)23(35-21)24(33)29-19-5-3-4-10-27-15-19;3-2(4,5)1(6)7/h13-14,16,19-20,27H,1,3-5,8-12,15H2,2H3,(H,29,33)(H3,26,30,34);(H,6,7)/t19-;/m0./s1. The molecule has 2 aromatic rings. The van der Waals surface area contributed by atoms with Crippen LogP contribution in [0.25, 0.3) is 0 Å². The van der Waals surface area contributed by atoms with Crippen molar-refractivity contribution in [3.05, 3.63) is 46.1 Å². The zero-order chi connectivity index (χ0) is 30.9. The molecule has 0 aliphatic carbocycles. The third kappa shape index (κ3) is 9.81. The molecule has 11 nitrogen and oxygen atoms in total. The normalized spacial score (nSPS) is 17.5. The quantitative estimate of drug-likeness (QED) is 0.325. The number of primary amides is 1. The van der Waals surface area contributed by atoms with Crippen molar-refractivity contribution in [1.29, 1.82) is 0 Å². The van der Waals surface area contributed by atoms with Gasteiger partial charge in [-0.3, -0.25) is 9.48 Å². The van der Waals surface area contributed by atoms with Crippen LogP contribution in [0, 0.1) is 11.8 Å². The molecule has 3 amide bonds. The molecular weight excluding hydrogens is 575 g/mol. The van der Waals surface area contributed by atoms with Gasteiger partial charge in [0.15, 0.2) is 0 Å². The molecule has 0 aromatic carbocycles. The Hall–Kier alpha value is -4.03. The van der Waals surface area contributed by atoms with Crippen LogP contribution in [0.4, 0.5) is 23.7 Å². The Labute approximate surface area is 245 Å². The van der Waals surface area contributed by atoms with E-state index in [1.54, 1.807) is 12.3 Å². The van der Waals surface area contributed by atoms with Gasteiger partial charge in [-0.05, 0) is 45.2 Å². The summed E-state index contributed by atoms with van der Waals surface area (Å²) in [5, 5.41) is 20.6. The van der Waals surface area contributed by atoms with E-state index in [9.17, 15) is 22.8 Å². The number of amides is 3. The summed E-state index contributed by atoms with van der Waals surface area (Å²) in [6.07, 6.45) is 3.77. The second-order valence-corrected chi connectivity index (χ2v) is 11.0. The fourth-order valence-corrected chi connectivity index (χ4v) is 5.36. The number of aliphatic carboxylic acids is 1. The lowest BCUT2D eigenvalue weighted by atomic mass is 10.1. The molecule has 0 bridgehead atoms. The average molecular weight is 610 g/mol. The molecule has 6 N–H and O–H groups in total. The number of carboxylic acid groups (broad SMARTS) is 1. The Balaban J connectivity index is 0.000000616. The van der Waals surface area contributed by atoms with Gasteiger partial charge in [0.1, 0.15) is 4.88 Å². The van der Waals surface area contributed by atoms with E-state index in [0.717, 1.165) is 69.5 Å². The molecular formula is C27H34F3N7O4S. The predicted molar refractivity (Wildman–Crippen MR) is 152 cm³/mol. The van der Waals surface area contributed by atoms with Crippen molar-refractivity contribution in [3.8, 4) is 11.8 Å². The Kier molecular flexibility index (Phi) is 11.4. The van der Waals surface area contributed by atoms with Gasteiger partial charge in [0.05, 0.1) is 28.4 Å². The van der Waals surface area contributed by atoms with E-state index in [4.69, 9.17) is 15.6 Å². The van der Waals surface area contributed by atoms with Gasteiger partial charge in [-0.15, -0.1) is 11.3 Å². The van der Waals surface area contributed by atoms with E-state index < -0.39 is 18.2 Å². The van der Waals surface area contributed by atoms with Gasteiger partial charge in [-0.1, -0.05) is 24.8 Å². The van der Waals surface area contributed by atoms with Crippen molar-refractivity contribution in [2.24, 2.45) is 5.73 Å². The maximum Gasteiger partial charge on any atom is 0.490 e. The lowest BCUT2D eigenvalue weighted by Crippen LogP contribution is -2.40. The van der Waals surface area contributed by atoms with Crippen LogP contribution in [0.15, 0.2) is 30.7 Å². The minimum atomic E-state index is -5.08. The Morgan fingerprint density at radius 3 is 2.52 bits per heavy atom. The first kappa shape index (κ1) is 32.5. The van der Waals surface area contributed by atoms with Crippen molar-refractivity contribution >= 4 is 34.9 Å². The molecule has 0 spiro atoms. The second-order valence-electron chi connectivity index (χ2n) is 9.93.